The highest BCUT2D eigenvalue weighted by molar-refractivity contribution is 5.37. The van der Waals surface area contributed by atoms with E-state index < -0.39 is 5.54 Å². The molecule has 2 heterocycles. The molecule has 0 saturated heterocycles. The highest BCUT2D eigenvalue weighted by atomic mass is 16.3. The highest BCUT2D eigenvalue weighted by Gasteiger charge is 2.23. The van der Waals surface area contributed by atoms with Gasteiger partial charge in [-0.15, -0.1) is 0 Å². The van der Waals surface area contributed by atoms with Gasteiger partial charge in [-0.05, 0) is 6.92 Å². The Morgan fingerprint density at radius 2 is 2.05 bits per heavy atom. The fourth-order valence-electron chi connectivity index (χ4n) is 1.33. The molecule has 0 aliphatic rings. The van der Waals surface area contributed by atoms with Gasteiger partial charge in [0.05, 0.1) is 18.8 Å². The average molecular weight is 265 g/mol. The number of nitrogens with one attached hydrogen (secondary N) is 1. The van der Waals surface area contributed by atoms with E-state index in [9.17, 15) is 10.2 Å². The number of hydrogen-bond acceptors (Lipinski definition) is 8. The molecule has 0 saturated carbocycles. The normalized spacial score (nSPS) is 11.5. The van der Waals surface area contributed by atoms with E-state index in [0.717, 1.165) is 0 Å². The van der Waals surface area contributed by atoms with Gasteiger partial charge in [-0.1, -0.05) is 0 Å². The lowest BCUT2D eigenvalue weighted by Crippen LogP contribution is -2.43. The number of aromatic nitrogens is 5. The van der Waals surface area contributed by atoms with Crippen molar-refractivity contribution in [3.63, 3.8) is 0 Å². The third kappa shape index (κ3) is 2.95. The molecule has 19 heavy (non-hydrogen) atoms. The van der Waals surface area contributed by atoms with Crippen LogP contribution in [0.15, 0.2) is 18.7 Å². The molecule has 0 spiro atoms. The third-order valence-corrected chi connectivity index (χ3v) is 2.49. The van der Waals surface area contributed by atoms with Crippen LogP contribution in [0, 0.1) is 0 Å². The van der Waals surface area contributed by atoms with Crippen molar-refractivity contribution in [2.75, 3.05) is 24.3 Å². The van der Waals surface area contributed by atoms with Crippen LogP contribution in [0.5, 0.6) is 0 Å². The van der Waals surface area contributed by atoms with Crippen molar-refractivity contribution in [1.82, 2.24) is 24.5 Å². The van der Waals surface area contributed by atoms with Gasteiger partial charge in [0.15, 0.2) is 0 Å². The first-order chi connectivity index (χ1) is 9.06. The van der Waals surface area contributed by atoms with Crippen molar-refractivity contribution in [2.45, 2.75) is 12.5 Å². The number of anilines is 2. The van der Waals surface area contributed by atoms with Gasteiger partial charge in [-0.2, -0.15) is 15.0 Å². The van der Waals surface area contributed by atoms with Crippen LogP contribution in [-0.2, 0) is 0 Å². The quantitative estimate of drug-likeness (QED) is 0.529. The summed E-state index contributed by atoms with van der Waals surface area (Å²) in [7, 11) is 0. The summed E-state index contributed by atoms with van der Waals surface area (Å²) in [6, 6.07) is 0. The standard InChI is InChI=1S/C10H15N7O2/c1-10(4-18,5-19)16-8-13-7(11)14-9(15-8)17-3-2-12-6-17/h2-3,6,18-19H,4-5H2,1H3,(H3,11,13,14,15,16). The number of rotatable bonds is 5. The van der Waals surface area contributed by atoms with E-state index >= 15 is 0 Å². The zero-order valence-corrected chi connectivity index (χ0v) is 10.4. The van der Waals surface area contributed by atoms with Crippen molar-refractivity contribution < 1.29 is 10.2 Å². The summed E-state index contributed by atoms with van der Waals surface area (Å²) in [5.74, 6) is 0.493. The smallest absolute Gasteiger partial charge is 0.241 e. The lowest BCUT2D eigenvalue weighted by Gasteiger charge is -2.26. The summed E-state index contributed by atoms with van der Waals surface area (Å²) < 4.78 is 1.57. The number of nitrogens with zero attached hydrogens (tertiary/aromatic N) is 5. The first-order valence-corrected chi connectivity index (χ1v) is 5.56. The van der Waals surface area contributed by atoms with Crippen LogP contribution in [0.3, 0.4) is 0 Å². The molecule has 0 unspecified atom stereocenters. The molecule has 0 fully saturated rings. The second-order valence-corrected chi connectivity index (χ2v) is 4.29. The molecule has 0 radical (unpaired) electrons. The Hall–Kier alpha value is -2.26. The van der Waals surface area contributed by atoms with Gasteiger partial charge >= 0.3 is 0 Å². The number of aliphatic hydroxyl groups excluding tert-OH is 2. The molecular weight excluding hydrogens is 250 g/mol. The molecule has 0 aliphatic heterocycles. The van der Waals surface area contributed by atoms with Crippen molar-refractivity contribution in [1.29, 1.82) is 0 Å². The summed E-state index contributed by atoms with van der Waals surface area (Å²) in [6.45, 7) is 1.06. The molecule has 0 aromatic carbocycles. The third-order valence-electron chi connectivity index (χ3n) is 2.49. The van der Waals surface area contributed by atoms with E-state index in [1.807, 2.05) is 0 Å². The van der Waals surface area contributed by atoms with Crippen LogP contribution in [0.4, 0.5) is 11.9 Å². The average Bonchev–Trinajstić information content (AvgIpc) is 2.92. The van der Waals surface area contributed by atoms with Gasteiger partial charge in [0.1, 0.15) is 6.33 Å². The molecule has 0 atom stereocenters. The van der Waals surface area contributed by atoms with Crippen LogP contribution in [-0.4, -0.2) is 53.5 Å². The van der Waals surface area contributed by atoms with Crippen molar-refractivity contribution in [3.05, 3.63) is 18.7 Å². The lowest BCUT2D eigenvalue weighted by atomic mass is 10.1. The van der Waals surface area contributed by atoms with Gasteiger partial charge in [0.2, 0.25) is 17.8 Å². The molecule has 2 aromatic rings. The maximum Gasteiger partial charge on any atom is 0.241 e. The summed E-state index contributed by atoms with van der Waals surface area (Å²) in [6.07, 6.45) is 4.77. The molecule has 9 nitrogen and oxygen atoms in total. The number of hydrogen-bond donors (Lipinski definition) is 4. The van der Waals surface area contributed by atoms with E-state index in [4.69, 9.17) is 5.73 Å². The molecule has 9 heteroatoms. The maximum absolute atomic E-state index is 9.23. The molecule has 102 valence electrons. The monoisotopic (exact) mass is 265 g/mol. The number of imidazole rings is 1. The summed E-state index contributed by atoms with van der Waals surface area (Å²) in [5.41, 5.74) is 4.66. The van der Waals surface area contributed by atoms with Gasteiger partial charge < -0.3 is 21.3 Å². The summed E-state index contributed by atoms with van der Waals surface area (Å²) >= 11 is 0. The molecule has 0 aliphatic carbocycles. The number of nitrogen functional groups attached to an aromatic ring is 1. The van der Waals surface area contributed by atoms with E-state index in [1.165, 1.54) is 6.33 Å². The predicted molar refractivity (Wildman–Crippen MR) is 67.6 cm³/mol. The molecule has 0 amide bonds. The highest BCUT2D eigenvalue weighted by Crippen LogP contribution is 2.13. The van der Waals surface area contributed by atoms with Gasteiger partial charge in [0, 0.05) is 12.4 Å². The summed E-state index contributed by atoms with van der Waals surface area (Å²) in [4.78, 5) is 15.9. The van der Waals surface area contributed by atoms with E-state index in [2.05, 4.69) is 25.3 Å². The lowest BCUT2D eigenvalue weighted by molar-refractivity contribution is 0.147. The first kappa shape index (κ1) is 13.2. The Bertz CT molecular complexity index is 539. The zero-order chi connectivity index (χ0) is 13.9. The molecule has 5 N–H and O–H groups in total. The molecule has 0 bridgehead atoms. The largest absolute Gasteiger partial charge is 0.394 e. The van der Waals surface area contributed by atoms with Crippen LogP contribution < -0.4 is 11.1 Å². The number of aliphatic hydroxyl groups is 2. The van der Waals surface area contributed by atoms with Gasteiger partial charge in [-0.3, -0.25) is 4.57 Å². The minimum absolute atomic E-state index is 0.0272. The Morgan fingerprint density at radius 3 is 2.63 bits per heavy atom. The van der Waals surface area contributed by atoms with E-state index in [0.29, 0.717) is 5.95 Å². The Balaban J connectivity index is 2.32. The van der Waals surface area contributed by atoms with Crippen molar-refractivity contribution >= 4 is 11.9 Å². The Morgan fingerprint density at radius 1 is 1.32 bits per heavy atom. The fraction of sp³-hybridized carbons (Fsp3) is 0.400. The first-order valence-electron chi connectivity index (χ1n) is 5.56. The predicted octanol–water partition coefficient (Wildman–Crippen LogP) is -1.21. The van der Waals surface area contributed by atoms with Crippen molar-refractivity contribution in [2.24, 2.45) is 0 Å². The van der Waals surface area contributed by atoms with Crippen LogP contribution in [0.2, 0.25) is 0 Å². The minimum atomic E-state index is -0.944. The molecular formula is C10H15N7O2. The van der Waals surface area contributed by atoms with Crippen molar-refractivity contribution in [3.8, 4) is 5.95 Å². The molecule has 2 aromatic heterocycles. The fourth-order valence-corrected chi connectivity index (χ4v) is 1.33. The van der Waals surface area contributed by atoms with Gasteiger partial charge in [-0.25, -0.2) is 4.98 Å². The van der Waals surface area contributed by atoms with E-state index in [-0.39, 0.29) is 25.1 Å². The van der Waals surface area contributed by atoms with E-state index in [1.54, 1.807) is 23.9 Å². The minimum Gasteiger partial charge on any atom is -0.394 e. The summed E-state index contributed by atoms with van der Waals surface area (Å²) in [5, 5.41) is 21.3. The molecule has 2 rings (SSSR count). The maximum atomic E-state index is 9.23. The van der Waals surface area contributed by atoms with Crippen LogP contribution in [0.25, 0.3) is 5.95 Å². The van der Waals surface area contributed by atoms with Crippen LogP contribution in [0.1, 0.15) is 6.92 Å². The Labute approximate surface area is 109 Å². The topological polar surface area (TPSA) is 135 Å². The second kappa shape index (κ2) is 5.16. The van der Waals surface area contributed by atoms with Gasteiger partial charge in [0.25, 0.3) is 0 Å². The second-order valence-electron chi connectivity index (χ2n) is 4.29. The zero-order valence-electron chi connectivity index (χ0n) is 10.4. The number of nitrogens with two attached hydrogens (primary N) is 1. The SMILES string of the molecule is CC(CO)(CO)Nc1nc(N)nc(-n2ccnc2)n1. The van der Waals surface area contributed by atoms with Crippen LogP contribution >= 0.6 is 0 Å². The Kier molecular flexibility index (Phi) is 3.58.